The molecular weight excluding hydrogens is 501 g/mol. The van der Waals surface area contributed by atoms with Crippen LogP contribution in [0.3, 0.4) is 0 Å². The summed E-state index contributed by atoms with van der Waals surface area (Å²) >= 11 is 0. The van der Waals surface area contributed by atoms with E-state index in [4.69, 9.17) is 0 Å². The summed E-state index contributed by atoms with van der Waals surface area (Å²) in [6, 6.07) is 8.78. The van der Waals surface area contributed by atoms with Gasteiger partial charge in [-0.1, -0.05) is 24.3 Å². The van der Waals surface area contributed by atoms with Gasteiger partial charge < -0.3 is 15.5 Å². The maximum atomic E-state index is 12.0. The second-order valence-corrected chi connectivity index (χ2v) is 9.45. The third kappa shape index (κ3) is 6.58. The number of nitrogens with one attached hydrogen (secondary N) is 2. The fourth-order valence-electron chi connectivity index (χ4n) is 3.59. The summed E-state index contributed by atoms with van der Waals surface area (Å²) in [4.78, 5) is 6.65. The zero-order valence-electron chi connectivity index (χ0n) is 17.2. The van der Waals surface area contributed by atoms with Crippen LogP contribution in [0.25, 0.3) is 0 Å². The first kappa shape index (κ1) is 23.9. The fraction of sp³-hybridized carbons (Fsp3) is 0.550. The molecule has 1 saturated heterocycles. The monoisotopic (exact) mass is 533 g/mol. The number of piperidine rings is 1. The van der Waals surface area contributed by atoms with Gasteiger partial charge in [-0.25, -0.2) is 12.7 Å². The van der Waals surface area contributed by atoms with Crippen LogP contribution in [0.2, 0.25) is 0 Å². The smallest absolute Gasteiger partial charge is 0.213 e. The number of nitrogens with zero attached hydrogens (tertiary/aromatic N) is 3. The van der Waals surface area contributed by atoms with Gasteiger partial charge in [-0.05, 0) is 37.5 Å². The molecule has 0 unspecified atom stereocenters. The molecule has 2 heterocycles. The van der Waals surface area contributed by atoms with Crippen LogP contribution in [0.5, 0.6) is 0 Å². The first-order chi connectivity index (χ1) is 13.5. The number of rotatable bonds is 6. The highest BCUT2D eigenvalue weighted by molar-refractivity contribution is 14.0. The van der Waals surface area contributed by atoms with Gasteiger partial charge in [0.05, 0.1) is 5.75 Å². The third-order valence-electron chi connectivity index (χ3n) is 5.33. The van der Waals surface area contributed by atoms with E-state index in [1.165, 1.54) is 11.3 Å². The van der Waals surface area contributed by atoms with E-state index in [2.05, 4.69) is 56.9 Å². The van der Waals surface area contributed by atoms with Crippen LogP contribution in [0.4, 0.5) is 5.69 Å². The molecule has 1 aromatic rings. The first-order valence-electron chi connectivity index (χ1n) is 9.95. The summed E-state index contributed by atoms with van der Waals surface area (Å²) in [5.74, 6) is 0.922. The molecule has 0 saturated carbocycles. The zero-order valence-corrected chi connectivity index (χ0v) is 20.3. The number of anilines is 1. The van der Waals surface area contributed by atoms with Crippen LogP contribution >= 0.6 is 24.0 Å². The van der Waals surface area contributed by atoms with Crippen LogP contribution in [0.15, 0.2) is 41.4 Å². The van der Waals surface area contributed by atoms with E-state index in [0.717, 1.165) is 31.9 Å². The van der Waals surface area contributed by atoms with E-state index < -0.39 is 10.0 Å². The van der Waals surface area contributed by atoms with Crippen molar-refractivity contribution in [1.29, 1.82) is 0 Å². The number of sulfonamides is 1. The summed E-state index contributed by atoms with van der Waals surface area (Å²) in [6.07, 6.45) is 5.95. The summed E-state index contributed by atoms with van der Waals surface area (Å²) in [7, 11) is -1.32. The van der Waals surface area contributed by atoms with Gasteiger partial charge in [0.15, 0.2) is 5.96 Å². The van der Waals surface area contributed by atoms with Crippen molar-refractivity contribution in [2.75, 3.05) is 43.9 Å². The minimum atomic E-state index is -3.08. The van der Waals surface area contributed by atoms with Gasteiger partial charge in [0.1, 0.15) is 0 Å². The van der Waals surface area contributed by atoms with Crippen molar-refractivity contribution >= 4 is 45.6 Å². The molecule has 7 nitrogen and oxygen atoms in total. The Bertz CT molecular complexity index is 812. The Morgan fingerprint density at radius 3 is 2.52 bits per heavy atom. The van der Waals surface area contributed by atoms with Crippen molar-refractivity contribution < 1.29 is 8.42 Å². The highest BCUT2D eigenvalue weighted by Gasteiger charge is 2.26. The van der Waals surface area contributed by atoms with Crippen LogP contribution in [-0.4, -0.2) is 63.7 Å². The van der Waals surface area contributed by atoms with Gasteiger partial charge >= 0.3 is 0 Å². The van der Waals surface area contributed by atoms with Crippen molar-refractivity contribution in [3.63, 3.8) is 0 Å². The van der Waals surface area contributed by atoms with Crippen LogP contribution in [-0.2, 0) is 16.6 Å². The SMILES string of the molecule is CCS(=O)(=O)N1CCC(NC(=NC)NCc2cccc(N3CC=CC3)c2)CC1.I. The Labute approximate surface area is 191 Å². The predicted octanol–water partition coefficient (Wildman–Crippen LogP) is 2.16. The molecule has 9 heteroatoms. The molecule has 2 aliphatic rings. The molecule has 1 fully saturated rings. The number of guanidine groups is 1. The van der Waals surface area contributed by atoms with Gasteiger partial charge in [-0.2, -0.15) is 0 Å². The van der Waals surface area contributed by atoms with Crippen molar-refractivity contribution in [2.24, 2.45) is 4.99 Å². The molecule has 0 atom stereocenters. The van der Waals surface area contributed by atoms with E-state index in [9.17, 15) is 8.42 Å². The Morgan fingerprint density at radius 2 is 1.90 bits per heavy atom. The Morgan fingerprint density at radius 1 is 1.21 bits per heavy atom. The number of benzene rings is 1. The van der Waals surface area contributed by atoms with E-state index in [1.807, 2.05) is 0 Å². The van der Waals surface area contributed by atoms with E-state index in [0.29, 0.717) is 19.6 Å². The third-order valence-corrected chi connectivity index (χ3v) is 7.21. The number of hydrogen-bond acceptors (Lipinski definition) is 4. The molecule has 0 aliphatic carbocycles. The normalized spacial score (nSPS) is 18.6. The lowest BCUT2D eigenvalue weighted by Gasteiger charge is -2.32. The molecule has 0 bridgehead atoms. The molecule has 0 amide bonds. The van der Waals surface area contributed by atoms with Crippen LogP contribution in [0, 0.1) is 0 Å². The standard InChI is InChI=1S/C20H31N5O2S.HI/c1-3-28(26,27)25-13-9-18(10-14-25)23-20(21-2)22-16-17-7-6-8-19(15-17)24-11-4-5-12-24;/h4-8,15,18H,3,9-14,16H2,1-2H3,(H2,21,22,23);1H. The topological polar surface area (TPSA) is 77.0 Å². The van der Waals surface area contributed by atoms with Crippen LogP contribution < -0.4 is 15.5 Å². The Kier molecular flexibility index (Phi) is 9.22. The van der Waals surface area contributed by atoms with Gasteiger partial charge in [-0.15, -0.1) is 24.0 Å². The second kappa shape index (κ2) is 11.2. The summed E-state index contributed by atoms with van der Waals surface area (Å²) in [6.45, 7) is 5.45. The van der Waals surface area contributed by atoms with Crippen molar-refractivity contribution in [2.45, 2.75) is 32.4 Å². The average molecular weight is 533 g/mol. The molecule has 2 aliphatic heterocycles. The lowest BCUT2D eigenvalue weighted by Crippen LogP contribution is -2.49. The Balaban J connectivity index is 0.00000300. The predicted molar refractivity (Wildman–Crippen MR) is 131 cm³/mol. The van der Waals surface area contributed by atoms with Gasteiger partial charge in [0, 0.05) is 51.5 Å². The zero-order chi connectivity index (χ0) is 20.0. The summed E-state index contributed by atoms with van der Waals surface area (Å²) < 4.78 is 25.6. The maximum Gasteiger partial charge on any atom is 0.213 e. The summed E-state index contributed by atoms with van der Waals surface area (Å²) in [5.41, 5.74) is 2.44. The van der Waals surface area contributed by atoms with Crippen molar-refractivity contribution in [3.8, 4) is 0 Å². The van der Waals surface area contributed by atoms with Crippen molar-refractivity contribution in [1.82, 2.24) is 14.9 Å². The van der Waals surface area contributed by atoms with Crippen molar-refractivity contribution in [3.05, 3.63) is 42.0 Å². The van der Waals surface area contributed by atoms with E-state index in [1.54, 1.807) is 18.3 Å². The molecule has 0 aromatic heterocycles. The van der Waals surface area contributed by atoms with E-state index >= 15 is 0 Å². The number of halogens is 1. The minimum absolute atomic E-state index is 0. The second-order valence-electron chi connectivity index (χ2n) is 7.19. The van der Waals surface area contributed by atoms with Gasteiger partial charge in [0.2, 0.25) is 10.0 Å². The summed E-state index contributed by atoms with van der Waals surface area (Å²) in [5, 5.41) is 6.81. The Hall–Kier alpha value is -1.33. The molecule has 162 valence electrons. The van der Waals surface area contributed by atoms with Crippen LogP contribution in [0.1, 0.15) is 25.3 Å². The fourth-order valence-corrected chi connectivity index (χ4v) is 4.72. The molecule has 3 rings (SSSR count). The van der Waals surface area contributed by atoms with Gasteiger partial charge in [-0.3, -0.25) is 4.99 Å². The molecule has 29 heavy (non-hydrogen) atoms. The lowest BCUT2D eigenvalue weighted by atomic mass is 10.1. The largest absolute Gasteiger partial charge is 0.364 e. The molecular formula is C20H32IN5O2S. The van der Waals surface area contributed by atoms with E-state index in [-0.39, 0.29) is 35.8 Å². The average Bonchev–Trinajstić information content (AvgIpc) is 3.26. The number of hydrogen-bond donors (Lipinski definition) is 2. The highest BCUT2D eigenvalue weighted by Crippen LogP contribution is 2.18. The minimum Gasteiger partial charge on any atom is -0.364 e. The quantitative estimate of drug-likeness (QED) is 0.254. The molecule has 0 radical (unpaired) electrons. The highest BCUT2D eigenvalue weighted by atomic mass is 127. The first-order valence-corrected chi connectivity index (χ1v) is 11.6. The molecule has 0 spiro atoms. The maximum absolute atomic E-state index is 12.0. The lowest BCUT2D eigenvalue weighted by molar-refractivity contribution is 0.306. The molecule has 2 N–H and O–H groups in total. The molecule has 1 aromatic carbocycles. The number of aliphatic imine (C=N–C) groups is 1. The van der Waals surface area contributed by atoms with Gasteiger partial charge in [0.25, 0.3) is 0 Å².